The fraction of sp³-hybridized carbons (Fsp3) is 0.593. The minimum atomic E-state index is 0.0516. The first-order valence-corrected chi connectivity index (χ1v) is 60.5. The third-order valence-electron chi connectivity index (χ3n) is 28.5. The summed E-state index contributed by atoms with van der Waals surface area (Å²) in [5.74, 6) is 8.60. The number of rotatable bonds is 97. The molecule has 0 amide bonds. The number of benzene rings is 9. The van der Waals surface area contributed by atoms with Crippen LogP contribution in [0.2, 0.25) is 0 Å². The van der Waals surface area contributed by atoms with Gasteiger partial charge < -0.3 is 66.3 Å². The lowest BCUT2D eigenvalue weighted by atomic mass is 10.1. The summed E-state index contributed by atoms with van der Waals surface area (Å²) in [5, 5.41) is 0. The van der Waals surface area contributed by atoms with Crippen molar-refractivity contribution in [3.8, 4) is 80.5 Å². The van der Waals surface area contributed by atoms with Crippen molar-refractivity contribution < 1.29 is 71.1 Å². The minimum Gasteiger partial charge on any atom is -0.494 e. The molecule has 9 rings (SSSR count). The zero-order valence-electron chi connectivity index (χ0n) is 94.4. The Kier molecular flexibility index (Phi) is 67.8. The lowest BCUT2D eigenvalue weighted by Crippen LogP contribution is -2.07. The summed E-state index contributed by atoms with van der Waals surface area (Å²) in [6.45, 7) is 19.2. The number of hydrogen-bond acceptors (Lipinski definition) is 15. The number of carbonyl (C=O) groups is 1. The van der Waals surface area contributed by atoms with E-state index in [9.17, 15) is 4.79 Å². The second kappa shape index (κ2) is 82.5. The molecule has 0 aromatic heterocycles. The van der Waals surface area contributed by atoms with E-state index in [2.05, 4.69) is 114 Å². The summed E-state index contributed by atoms with van der Waals surface area (Å²) in [6.07, 6.45) is 77.1. The van der Waals surface area contributed by atoms with Gasteiger partial charge in [0.25, 0.3) is 0 Å². The van der Waals surface area contributed by atoms with Gasteiger partial charge in [-0.15, -0.1) is 0 Å². The molecule has 0 heterocycles. The van der Waals surface area contributed by atoms with E-state index in [0.717, 1.165) is 124 Å². The Labute approximate surface area is 909 Å². The van der Waals surface area contributed by atoms with Crippen molar-refractivity contribution in [1.82, 2.24) is 0 Å². The van der Waals surface area contributed by atoms with E-state index in [4.69, 9.17) is 66.3 Å². The molecule has 0 bridgehead atoms. The van der Waals surface area contributed by atoms with Gasteiger partial charge in [0, 0.05) is 11.6 Å². The SMILES string of the molecule is CCCCCCCCCCCCOc1ccc(COc2cc(COc3cc(C=O)cc(OCc4cc(OCc5ccc(OCCCCCCCCCCCC)cc5)c(OCc5ccc(OCCCCCCCCCCCC)cc5)c(OCc5ccc(OCCCCCCCCCCCC)cc5)c4)c3)cc(OCc3ccc(OCCCCCCCCCCCC)cc3)c2OCc2ccc(OCCCCCCCCCCCC)cc2)cc1. The highest BCUT2D eigenvalue weighted by molar-refractivity contribution is 5.76. The molecule has 0 atom stereocenters. The maximum atomic E-state index is 13.2. The van der Waals surface area contributed by atoms with Gasteiger partial charge in [-0.3, -0.25) is 4.79 Å². The molecule has 9 aromatic carbocycles. The first kappa shape index (κ1) is 123. The second-order valence-corrected chi connectivity index (χ2v) is 42.1. The van der Waals surface area contributed by atoms with Gasteiger partial charge in [-0.1, -0.05) is 461 Å². The Bertz CT molecular complexity index is 4300. The van der Waals surface area contributed by atoms with E-state index in [-0.39, 0.29) is 52.9 Å². The largest absolute Gasteiger partial charge is 0.494 e. The van der Waals surface area contributed by atoms with Crippen molar-refractivity contribution >= 4 is 6.29 Å². The Morgan fingerprint density at radius 2 is 0.300 bits per heavy atom. The van der Waals surface area contributed by atoms with Crippen molar-refractivity contribution in [3.63, 3.8) is 0 Å². The highest BCUT2D eigenvalue weighted by Gasteiger charge is 2.23. The van der Waals surface area contributed by atoms with E-state index in [1.54, 1.807) is 12.1 Å². The van der Waals surface area contributed by atoms with Crippen LogP contribution in [0, 0.1) is 0 Å². The molecule has 0 radical (unpaired) electrons. The Morgan fingerprint density at radius 1 is 0.147 bits per heavy atom. The van der Waals surface area contributed by atoms with Crippen LogP contribution in [-0.2, 0) is 52.9 Å². The molecular formula is C135H198O15. The van der Waals surface area contributed by atoms with Gasteiger partial charge >= 0.3 is 0 Å². The van der Waals surface area contributed by atoms with E-state index in [1.807, 2.05) is 103 Å². The summed E-state index contributed by atoms with van der Waals surface area (Å²) in [5.41, 5.74) is 7.56. The van der Waals surface area contributed by atoms with Gasteiger partial charge in [0.05, 0.1) is 39.6 Å². The Hall–Kier alpha value is -10.2. The molecule has 0 aliphatic heterocycles. The smallest absolute Gasteiger partial charge is 0.203 e. The Balaban J connectivity index is 0.970. The summed E-state index contributed by atoms with van der Waals surface area (Å²) in [7, 11) is 0. The van der Waals surface area contributed by atoms with Crippen LogP contribution in [0.4, 0.5) is 0 Å². The van der Waals surface area contributed by atoms with Gasteiger partial charge in [-0.25, -0.2) is 0 Å². The van der Waals surface area contributed by atoms with Gasteiger partial charge in [0.2, 0.25) is 11.5 Å². The highest BCUT2D eigenvalue weighted by atomic mass is 16.6. The normalized spacial score (nSPS) is 11.3. The number of carbonyl (C=O) groups excluding carboxylic acids is 1. The quantitative estimate of drug-likeness (QED) is 0.0263. The zero-order chi connectivity index (χ0) is 105. The van der Waals surface area contributed by atoms with Crippen molar-refractivity contribution in [1.29, 1.82) is 0 Å². The first-order chi connectivity index (χ1) is 74.2. The summed E-state index contributed by atoms with van der Waals surface area (Å²) in [6, 6.07) is 62.3. The molecule has 15 nitrogen and oxygen atoms in total. The van der Waals surface area contributed by atoms with E-state index < -0.39 is 0 Å². The van der Waals surface area contributed by atoms with Gasteiger partial charge in [0.15, 0.2) is 23.0 Å². The number of ether oxygens (including phenoxy) is 14. The maximum Gasteiger partial charge on any atom is 0.203 e. The van der Waals surface area contributed by atoms with Crippen molar-refractivity contribution in [2.75, 3.05) is 39.6 Å². The topological polar surface area (TPSA) is 146 Å². The molecule has 0 unspecified atom stereocenters. The summed E-state index contributed by atoms with van der Waals surface area (Å²) in [4.78, 5) is 13.2. The predicted octanol–water partition coefficient (Wildman–Crippen LogP) is 39.9. The molecule has 0 N–H and O–H groups in total. The zero-order valence-corrected chi connectivity index (χ0v) is 94.4. The molecule has 0 spiro atoms. The molecule has 0 saturated carbocycles. The predicted molar refractivity (Wildman–Crippen MR) is 622 cm³/mol. The molecule has 0 aliphatic carbocycles. The van der Waals surface area contributed by atoms with E-state index >= 15 is 0 Å². The summed E-state index contributed by atoms with van der Waals surface area (Å²) < 4.78 is 93.4. The Morgan fingerprint density at radius 3 is 0.467 bits per heavy atom. The standard InChI is InChI=1S/C135H198O15/c1-7-13-19-25-31-37-43-49-55-61-91-137-122-79-67-113(68-80-122)105-145-130-99-120(100-131(146-106-114-69-81-123(82-70-114)138-92-62-56-50-44-38-32-26-20-14-8-2)134(130)149-109-117-75-87-126(88-76-117)141-95-65-59-53-47-41-35-29-23-17-11-5)111-143-128-97-119(104-136)98-129(103-128)144-112-121-101-132(147-107-115-71-83-124(84-72-115)139-93-63-57-51-45-39-33-27-21-15-9-3)135(150-110-118-77-89-127(90-78-118)142-96-66-60-54-48-42-36-30-24-18-12-6)133(102-121)148-108-116-73-85-125(86-74-116)140-94-64-58-52-46-40-34-28-22-16-10-4/h67-90,97-104H,7-66,91-96,105-112H2,1-6H3. The van der Waals surface area contributed by atoms with Crippen molar-refractivity contribution in [2.24, 2.45) is 0 Å². The molecule has 15 heteroatoms. The van der Waals surface area contributed by atoms with Crippen LogP contribution >= 0.6 is 0 Å². The molecule has 9 aromatic rings. The minimum absolute atomic E-state index is 0.0516. The van der Waals surface area contributed by atoms with E-state index in [0.29, 0.717) is 91.2 Å². The van der Waals surface area contributed by atoms with Crippen LogP contribution in [0.5, 0.6) is 80.5 Å². The average Bonchev–Trinajstić information content (AvgIpc) is 0.813. The summed E-state index contributed by atoms with van der Waals surface area (Å²) >= 11 is 0. The lowest BCUT2D eigenvalue weighted by Gasteiger charge is -2.20. The van der Waals surface area contributed by atoms with Crippen LogP contribution in [0.15, 0.2) is 188 Å². The van der Waals surface area contributed by atoms with Crippen LogP contribution < -0.4 is 66.3 Å². The number of aldehydes is 1. The third kappa shape index (κ3) is 56.5. The van der Waals surface area contributed by atoms with Crippen molar-refractivity contribution in [3.05, 3.63) is 238 Å². The molecule has 150 heavy (non-hydrogen) atoms. The average molecular weight is 2060 g/mol. The number of unbranched alkanes of at least 4 members (excludes halogenated alkanes) is 54. The highest BCUT2D eigenvalue weighted by Crippen LogP contribution is 2.44. The molecule has 0 saturated heterocycles. The first-order valence-electron chi connectivity index (χ1n) is 60.5. The third-order valence-corrected chi connectivity index (χ3v) is 28.5. The van der Waals surface area contributed by atoms with Crippen LogP contribution in [0.1, 0.15) is 482 Å². The van der Waals surface area contributed by atoms with Gasteiger partial charge in [0.1, 0.15) is 105 Å². The molecular weight excluding hydrogens is 1860 g/mol. The monoisotopic (exact) mass is 2060 g/mol. The molecule has 0 aliphatic rings. The van der Waals surface area contributed by atoms with Crippen LogP contribution in [0.3, 0.4) is 0 Å². The lowest BCUT2D eigenvalue weighted by molar-refractivity contribution is 0.112. The molecule has 0 fully saturated rings. The van der Waals surface area contributed by atoms with Gasteiger partial charge in [-0.05, 0) is 192 Å². The van der Waals surface area contributed by atoms with Crippen LogP contribution in [-0.4, -0.2) is 45.9 Å². The maximum absolute atomic E-state index is 13.2. The van der Waals surface area contributed by atoms with Gasteiger partial charge in [-0.2, -0.15) is 0 Å². The fourth-order valence-corrected chi connectivity index (χ4v) is 19.0. The fourth-order valence-electron chi connectivity index (χ4n) is 19.0. The molecule has 828 valence electrons. The number of hydrogen-bond donors (Lipinski definition) is 0. The van der Waals surface area contributed by atoms with Crippen molar-refractivity contribution in [2.45, 2.75) is 480 Å². The van der Waals surface area contributed by atoms with E-state index in [1.165, 1.54) is 347 Å². The second-order valence-electron chi connectivity index (χ2n) is 42.1. The van der Waals surface area contributed by atoms with Crippen LogP contribution in [0.25, 0.3) is 0 Å².